The van der Waals surface area contributed by atoms with Gasteiger partial charge in [-0.15, -0.1) is 0 Å². The van der Waals surface area contributed by atoms with Gasteiger partial charge in [0.25, 0.3) is 0 Å². The summed E-state index contributed by atoms with van der Waals surface area (Å²) in [7, 11) is 1.89. The summed E-state index contributed by atoms with van der Waals surface area (Å²) in [6.07, 6.45) is 4.79. The normalized spacial score (nSPS) is 22.6. The van der Waals surface area contributed by atoms with E-state index in [1.54, 1.807) is 0 Å². The van der Waals surface area contributed by atoms with E-state index in [0.29, 0.717) is 6.54 Å². The van der Waals surface area contributed by atoms with E-state index in [2.05, 4.69) is 35.4 Å². The molecule has 21 heavy (non-hydrogen) atoms. The van der Waals surface area contributed by atoms with E-state index in [1.165, 1.54) is 11.1 Å². The molecule has 1 aromatic rings. The van der Waals surface area contributed by atoms with Crippen molar-refractivity contribution in [3.05, 3.63) is 41.5 Å². The molecule has 1 heterocycles. The Bertz CT molecular complexity index is 585. The fraction of sp³-hybridized carbons (Fsp3) is 0.471. The van der Waals surface area contributed by atoms with Crippen molar-refractivity contribution in [2.24, 2.45) is 16.1 Å². The largest absolute Gasteiger partial charge is 0.342 e. The Morgan fingerprint density at radius 3 is 2.71 bits per heavy atom. The van der Waals surface area contributed by atoms with E-state index in [9.17, 15) is 4.79 Å². The Hall–Kier alpha value is -1.97. The zero-order valence-corrected chi connectivity index (χ0v) is 12.6. The molecule has 110 valence electrons. The summed E-state index contributed by atoms with van der Waals surface area (Å²) in [4.78, 5) is 14.3. The van der Waals surface area contributed by atoms with Crippen LogP contribution in [0.1, 0.15) is 31.7 Å². The smallest absolute Gasteiger partial charge is 0.225 e. The van der Waals surface area contributed by atoms with Gasteiger partial charge in [0.15, 0.2) is 5.66 Å². The number of carbonyl (C=O) groups is 1. The first-order chi connectivity index (χ1) is 10.1. The average Bonchev–Trinajstić information content (AvgIpc) is 3.09. The number of nitrogens with zero attached hydrogens (tertiary/aromatic N) is 3. The molecule has 1 spiro atoms. The Morgan fingerprint density at radius 2 is 2.10 bits per heavy atom. The number of likely N-dealkylation sites (N-methyl/N-ethyl adjacent to an activating group) is 1. The molecule has 0 N–H and O–H groups in total. The average molecular weight is 283 g/mol. The number of benzene rings is 1. The number of carbonyl (C=O) groups excluding carboxylic acids is 1. The zero-order valence-electron chi connectivity index (χ0n) is 12.6. The summed E-state index contributed by atoms with van der Waals surface area (Å²) in [5, 5.41) is 8.17. The second-order valence-corrected chi connectivity index (χ2v) is 6.22. The van der Waals surface area contributed by atoms with Crippen LogP contribution in [-0.4, -0.2) is 30.1 Å². The lowest BCUT2D eigenvalue weighted by Crippen LogP contribution is -2.33. The van der Waals surface area contributed by atoms with Crippen molar-refractivity contribution >= 4 is 12.0 Å². The van der Waals surface area contributed by atoms with Crippen LogP contribution >= 0.6 is 0 Å². The van der Waals surface area contributed by atoms with Crippen LogP contribution < -0.4 is 0 Å². The van der Waals surface area contributed by atoms with Gasteiger partial charge in [0.2, 0.25) is 5.91 Å². The van der Waals surface area contributed by atoms with Crippen LogP contribution in [0.2, 0.25) is 0 Å². The standard InChI is InChI=1S/C17H21N3O/c1-13(10-14-6-4-3-5-7-14)12-20(2)16(21)15-8-9-17(11-15)18-19-17/h3-7,10,15H,8-9,11-12H2,1-2H3/b13-10+. The Balaban J connectivity index is 1.57. The van der Waals surface area contributed by atoms with Crippen molar-refractivity contribution in [3.8, 4) is 0 Å². The minimum atomic E-state index is -0.171. The van der Waals surface area contributed by atoms with Gasteiger partial charge in [-0.25, -0.2) is 0 Å². The molecule has 0 radical (unpaired) electrons. The fourth-order valence-electron chi connectivity index (χ4n) is 3.11. The third kappa shape index (κ3) is 3.20. The van der Waals surface area contributed by atoms with Crippen LogP contribution in [0.5, 0.6) is 0 Å². The van der Waals surface area contributed by atoms with E-state index in [-0.39, 0.29) is 17.5 Å². The molecule has 2 aliphatic rings. The van der Waals surface area contributed by atoms with Gasteiger partial charge in [0, 0.05) is 25.9 Å². The molecule has 4 nitrogen and oxygen atoms in total. The van der Waals surface area contributed by atoms with Crippen molar-refractivity contribution < 1.29 is 4.79 Å². The molecule has 0 bridgehead atoms. The highest BCUT2D eigenvalue weighted by molar-refractivity contribution is 5.79. The van der Waals surface area contributed by atoms with E-state index >= 15 is 0 Å². The van der Waals surface area contributed by atoms with Gasteiger partial charge in [-0.1, -0.05) is 42.0 Å². The third-order valence-electron chi connectivity index (χ3n) is 4.27. The maximum absolute atomic E-state index is 12.5. The number of amides is 1. The van der Waals surface area contributed by atoms with Crippen LogP contribution in [0.25, 0.3) is 6.08 Å². The minimum absolute atomic E-state index is 0.0922. The lowest BCUT2D eigenvalue weighted by Gasteiger charge is -2.21. The van der Waals surface area contributed by atoms with Crippen LogP contribution in [0, 0.1) is 5.92 Å². The van der Waals surface area contributed by atoms with Crippen LogP contribution in [0.3, 0.4) is 0 Å². The Morgan fingerprint density at radius 1 is 1.38 bits per heavy atom. The number of rotatable bonds is 4. The minimum Gasteiger partial charge on any atom is -0.342 e. The van der Waals surface area contributed by atoms with Gasteiger partial charge in [0.05, 0.1) is 0 Å². The summed E-state index contributed by atoms with van der Waals surface area (Å²) in [6, 6.07) is 10.2. The molecule has 1 amide bonds. The van der Waals surface area contributed by atoms with E-state index in [4.69, 9.17) is 0 Å². The summed E-state index contributed by atoms with van der Waals surface area (Å²) >= 11 is 0. The van der Waals surface area contributed by atoms with Crippen molar-refractivity contribution in [3.63, 3.8) is 0 Å². The van der Waals surface area contributed by atoms with Gasteiger partial charge < -0.3 is 4.90 Å². The summed E-state index contributed by atoms with van der Waals surface area (Å²) in [5.74, 6) is 0.319. The van der Waals surface area contributed by atoms with Crippen molar-refractivity contribution in [2.45, 2.75) is 31.8 Å². The topological polar surface area (TPSA) is 45.0 Å². The molecule has 3 rings (SSSR count). The van der Waals surface area contributed by atoms with Crippen molar-refractivity contribution in [2.75, 3.05) is 13.6 Å². The predicted molar refractivity (Wildman–Crippen MR) is 82.7 cm³/mol. The monoisotopic (exact) mass is 283 g/mol. The summed E-state index contributed by atoms with van der Waals surface area (Å²) < 4.78 is 0. The van der Waals surface area contributed by atoms with Crippen molar-refractivity contribution in [1.29, 1.82) is 0 Å². The molecule has 0 aromatic heterocycles. The van der Waals surface area contributed by atoms with Crippen LogP contribution in [0.4, 0.5) is 0 Å². The molecular weight excluding hydrogens is 262 g/mol. The molecule has 1 aliphatic carbocycles. The summed E-state index contributed by atoms with van der Waals surface area (Å²) in [5.41, 5.74) is 2.19. The maximum atomic E-state index is 12.5. The molecule has 1 aliphatic heterocycles. The zero-order chi connectivity index (χ0) is 14.9. The molecule has 1 fully saturated rings. The van der Waals surface area contributed by atoms with Gasteiger partial charge in [0.1, 0.15) is 0 Å². The number of hydrogen-bond acceptors (Lipinski definition) is 3. The predicted octanol–water partition coefficient (Wildman–Crippen LogP) is 3.51. The quantitative estimate of drug-likeness (QED) is 0.834. The Kier molecular flexibility index (Phi) is 3.62. The Labute approximate surface area is 125 Å². The van der Waals surface area contributed by atoms with Gasteiger partial charge >= 0.3 is 0 Å². The van der Waals surface area contributed by atoms with E-state index < -0.39 is 0 Å². The van der Waals surface area contributed by atoms with E-state index in [1.807, 2.05) is 30.1 Å². The molecule has 4 heteroatoms. The summed E-state index contributed by atoms with van der Waals surface area (Å²) in [6.45, 7) is 2.74. The SMILES string of the molecule is C/C(=C\c1ccccc1)CN(C)C(=O)C1CCC2(C1)N=N2. The van der Waals surface area contributed by atoms with Crippen molar-refractivity contribution in [1.82, 2.24) is 4.90 Å². The number of hydrogen-bond donors (Lipinski definition) is 0. The molecule has 1 unspecified atom stereocenters. The second-order valence-electron chi connectivity index (χ2n) is 6.22. The molecule has 1 aromatic carbocycles. The van der Waals surface area contributed by atoms with E-state index in [0.717, 1.165) is 19.3 Å². The first kappa shape index (κ1) is 14.0. The lowest BCUT2D eigenvalue weighted by molar-refractivity contribution is -0.133. The highest BCUT2D eigenvalue weighted by Gasteiger charge is 2.49. The third-order valence-corrected chi connectivity index (χ3v) is 4.27. The highest BCUT2D eigenvalue weighted by Crippen LogP contribution is 2.47. The van der Waals surface area contributed by atoms with Gasteiger partial charge in [-0.3, -0.25) is 4.79 Å². The van der Waals surface area contributed by atoms with Crippen LogP contribution in [0.15, 0.2) is 46.1 Å². The maximum Gasteiger partial charge on any atom is 0.225 e. The van der Waals surface area contributed by atoms with Gasteiger partial charge in [-0.05, 0) is 25.3 Å². The fourth-order valence-corrected chi connectivity index (χ4v) is 3.11. The van der Waals surface area contributed by atoms with Gasteiger partial charge in [-0.2, -0.15) is 10.2 Å². The highest BCUT2D eigenvalue weighted by atomic mass is 16.2. The first-order valence-corrected chi connectivity index (χ1v) is 7.49. The molecule has 1 atom stereocenters. The molecule has 1 saturated carbocycles. The lowest BCUT2D eigenvalue weighted by atomic mass is 10.1. The molecule has 0 saturated heterocycles. The molecular formula is C17H21N3O. The van der Waals surface area contributed by atoms with Crippen LogP contribution in [-0.2, 0) is 4.79 Å². The first-order valence-electron chi connectivity index (χ1n) is 7.49. The second kappa shape index (κ2) is 5.43.